The third kappa shape index (κ3) is 3.75. The summed E-state index contributed by atoms with van der Waals surface area (Å²) in [7, 11) is 0. The molecule has 2 N–H and O–H groups in total. The first kappa shape index (κ1) is 13.0. The molecule has 2 aromatic rings. The van der Waals surface area contributed by atoms with Gasteiger partial charge in [-0.05, 0) is 23.8 Å². The van der Waals surface area contributed by atoms with Crippen LogP contribution in [0.3, 0.4) is 0 Å². The Bertz CT molecular complexity index is 603. The summed E-state index contributed by atoms with van der Waals surface area (Å²) >= 11 is 1.35. The Labute approximate surface area is 113 Å². The van der Waals surface area contributed by atoms with Gasteiger partial charge < -0.3 is 10.4 Å². The van der Waals surface area contributed by atoms with Crippen LogP contribution >= 0.6 is 11.3 Å². The molecule has 0 atom stereocenters. The lowest BCUT2D eigenvalue weighted by Crippen LogP contribution is -2.11. The van der Waals surface area contributed by atoms with Gasteiger partial charge in [-0.15, -0.1) is 11.3 Å². The highest BCUT2D eigenvalue weighted by molar-refractivity contribution is 7.07. The van der Waals surface area contributed by atoms with E-state index in [9.17, 15) is 9.59 Å². The number of aliphatic carboxylic acids is 1. The van der Waals surface area contributed by atoms with Gasteiger partial charge in [0.1, 0.15) is 5.69 Å². The molecule has 0 aliphatic rings. The van der Waals surface area contributed by atoms with Crippen LogP contribution in [-0.4, -0.2) is 22.0 Å². The molecule has 0 unspecified atom stereocenters. The number of anilines is 1. The summed E-state index contributed by atoms with van der Waals surface area (Å²) in [6.45, 7) is 0. The molecule has 5 nitrogen and oxygen atoms in total. The Kier molecular flexibility index (Phi) is 4.04. The number of hydrogen-bond acceptors (Lipinski definition) is 4. The lowest BCUT2D eigenvalue weighted by atomic mass is 10.2. The number of carboxylic acid groups (broad SMARTS) is 1. The Hall–Kier alpha value is -2.47. The second-order valence-electron chi connectivity index (χ2n) is 3.62. The summed E-state index contributed by atoms with van der Waals surface area (Å²) in [5.41, 5.74) is 3.34. The predicted octanol–water partition coefficient (Wildman–Crippen LogP) is 2.49. The van der Waals surface area contributed by atoms with Gasteiger partial charge in [-0.1, -0.05) is 12.1 Å². The van der Waals surface area contributed by atoms with E-state index in [1.165, 1.54) is 17.4 Å². The van der Waals surface area contributed by atoms with E-state index < -0.39 is 5.97 Å². The van der Waals surface area contributed by atoms with E-state index in [0.29, 0.717) is 11.4 Å². The van der Waals surface area contributed by atoms with Crippen LogP contribution in [-0.2, 0) is 4.79 Å². The van der Waals surface area contributed by atoms with Gasteiger partial charge in [-0.3, -0.25) is 4.79 Å². The zero-order valence-electron chi connectivity index (χ0n) is 9.74. The summed E-state index contributed by atoms with van der Waals surface area (Å²) in [4.78, 5) is 26.0. The minimum Gasteiger partial charge on any atom is -0.478 e. The van der Waals surface area contributed by atoms with Crippen molar-refractivity contribution in [3.05, 3.63) is 52.5 Å². The van der Waals surface area contributed by atoms with E-state index in [1.807, 2.05) is 0 Å². The summed E-state index contributed by atoms with van der Waals surface area (Å²) in [6.07, 6.45) is 2.54. The average molecular weight is 274 g/mol. The quantitative estimate of drug-likeness (QED) is 0.839. The normalized spacial score (nSPS) is 10.5. The van der Waals surface area contributed by atoms with E-state index in [2.05, 4.69) is 10.3 Å². The van der Waals surface area contributed by atoms with Crippen molar-refractivity contribution in [2.75, 3.05) is 5.32 Å². The van der Waals surface area contributed by atoms with Crippen molar-refractivity contribution < 1.29 is 14.7 Å². The molecule has 1 aromatic heterocycles. The van der Waals surface area contributed by atoms with Crippen molar-refractivity contribution in [3.8, 4) is 0 Å². The highest BCUT2D eigenvalue weighted by atomic mass is 32.1. The highest BCUT2D eigenvalue weighted by Gasteiger charge is 2.07. The first-order valence-corrected chi connectivity index (χ1v) is 6.30. The molecule has 0 aliphatic heterocycles. The molecule has 1 aromatic carbocycles. The van der Waals surface area contributed by atoms with Gasteiger partial charge in [0.05, 0.1) is 5.51 Å². The van der Waals surface area contributed by atoms with Gasteiger partial charge >= 0.3 is 5.97 Å². The minimum atomic E-state index is -0.999. The monoisotopic (exact) mass is 274 g/mol. The van der Waals surface area contributed by atoms with E-state index >= 15 is 0 Å². The molecule has 6 heteroatoms. The van der Waals surface area contributed by atoms with Crippen LogP contribution in [0.15, 0.2) is 41.2 Å². The number of rotatable bonds is 4. The number of amides is 1. The van der Waals surface area contributed by atoms with Crippen LogP contribution in [0, 0.1) is 0 Å². The number of carbonyl (C=O) groups is 2. The van der Waals surface area contributed by atoms with Crippen LogP contribution in [0.2, 0.25) is 0 Å². The number of hydrogen-bond donors (Lipinski definition) is 2. The zero-order chi connectivity index (χ0) is 13.7. The van der Waals surface area contributed by atoms with Crippen molar-refractivity contribution in [2.24, 2.45) is 0 Å². The Morgan fingerprint density at radius 1 is 1.26 bits per heavy atom. The Morgan fingerprint density at radius 3 is 2.58 bits per heavy atom. The van der Waals surface area contributed by atoms with Crippen LogP contribution in [0.5, 0.6) is 0 Å². The van der Waals surface area contributed by atoms with Gasteiger partial charge in [0.25, 0.3) is 5.91 Å². The lowest BCUT2D eigenvalue weighted by molar-refractivity contribution is -0.131. The number of thiazole rings is 1. The lowest BCUT2D eigenvalue weighted by Gasteiger charge is -2.03. The van der Waals surface area contributed by atoms with E-state index in [-0.39, 0.29) is 5.91 Å². The van der Waals surface area contributed by atoms with E-state index in [0.717, 1.165) is 11.6 Å². The molecular formula is C13H10N2O3S. The third-order valence-electron chi connectivity index (χ3n) is 2.25. The molecule has 19 heavy (non-hydrogen) atoms. The second-order valence-corrected chi connectivity index (χ2v) is 4.34. The average Bonchev–Trinajstić information content (AvgIpc) is 2.92. The molecule has 0 spiro atoms. The Balaban J connectivity index is 2.03. The van der Waals surface area contributed by atoms with Crippen LogP contribution in [0.25, 0.3) is 6.08 Å². The highest BCUT2D eigenvalue weighted by Crippen LogP contribution is 2.12. The molecular weight excluding hydrogens is 264 g/mol. The van der Waals surface area contributed by atoms with E-state index in [4.69, 9.17) is 5.11 Å². The fourth-order valence-corrected chi connectivity index (χ4v) is 1.90. The van der Waals surface area contributed by atoms with Crippen LogP contribution in [0.4, 0.5) is 5.69 Å². The molecule has 0 radical (unpaired) electrons. The smallest absolute Gasteiger partial charge is 0.328 e. The minimum absolute atomic E-state index is 0.268. The topological polar surface area (TPSA) is 79.3 Å². The number of nitrogens with zero attached hydrogens (tertiary/aromatic N) is 1. The molecule has 2 rings (SSSR count). The maximum atomic E-state index is 11.7. The van der Waals surface area contributed by atoms with Gasteiger partial charge in [-0.2, -0.15) is 0 Å². The summed E-state index contributed by atoms with van der Waals surface area (Å²) in [5.74, 6) is -1.27. The fourth-order valence-electron chi connectivity index (χ4n) is 1.36. The zero-order valence-corrected chi connectivity index (χ0v) is 10.6. The van der Waals surface area contributed by atoms with Crippen molar-refractivity contribution in [2.45, 2.75) is 0 Å². The molecule has 1 heterocycles. The fraction of sp³-hybridized carbons (Fsp3) is 0. The molecule has 0 bridgehead atoms. The summed E-state index contributed by atoms with van der Waals surface area (Å²) < 4.78 is 0. The number of nitrogens with one attached hydrogen (secondary N) is 1. The van der Waals surface area contributed by atoms with Gasteiger partial charge in [0.2, 0.25) is 0 Å². The van der Waals surface area contributed by atoms with Crippen LogP contribution in [0.1, 0.15) is 16.1 Å². The SMILES string of the molecule is O=C(O)C=Cc1ccc(NC(=O)c2cscn2)cc1. The summed E-state index contributed by atoms with van der Waals surface area (Å²) in [6, 6.07) is 6.84. The number of carboxylic acids is 1. The molecule has 96 valence electrons. The maximum Gasteiger partial charge on any atom is 0.328 e. The van der Waals surface area contributed by atoms with Crippen molar-refractivity contribution in [1.29, 1.82) is 0 Å². The number of benzene rings is 1. The maximum absolute atomic E-state index is 11.7. The molecule has 1 amide bonds. The van der Waals surface area contributed by atoms with Crippen molar-refractivity contribution >= 4 is 35.0 Å². The third-order valence-corrected chi connectivity index (χ3v) is 2.84. The molecule has 0 saturated heterocycles. The van der Waals surface area contributed by atoms with Crippen molar-refractivity contribution in [3.63, 3.8) is 0 Å². The molecule has 0 aliphatic carbocycles. The first-order valence-electron chi connectivity index (χ1n) is 5.36. The van der Waals surface area contributed by atoms with Crippen LogP contribution < -0.4 is 5.32 Å². The number of carbonyl (C=O) groups excluding carboxylic acids is 1. The van der Waals surface area contributed by atoms with Gasteiger partial charge in [-0.25, -0.2) is 9.78 Å². The summed E-state index contributed by atoms with van der Waals surface area (Å²) in [5, 5.41) is 12.9. The first-order chi connectivity index (χ1) is 9.15. The molecule has 0 saturated carbocycles. The predicted molar refractivity (Wildman–Crippen MR) is 73.2 cm³/mol. The molecule has 0 fully saturated rings. The van der Waals surface area contributed by atoms with Crippen molar-refractivity contribution in [1.82, 2.24) is 4.98 Å². The second kappa shape index (κ2) is 5.92. The van der Waals surface area contributed by atoms with E-state index in [1.54, 1.807) is 35.2 Å². The Morgan fingerprint density at radius 2 is 2.00 bits per heavy atom. The number of aromatic nitrogens is 1. The largest absolute Gasteiger partial charge is 0.478 e. The standard InChI is InChI=1S/C13H10N2O3S/c16-12(17)6-3-9-1-4-10(5-2-9)15-13(18)11-7-19-8-14-11/h1-8H,(H,15,18)(H,16,17). The van der Waals surface area contributed by atoms with Gasteiger partial charge in [0.15, 0.2) is 0 Å². The van der Waals surface area contributed by atoms with Gasteiger partial charge in [0, 0.05) is 17.1 Å².